The SMILES string of the molecule is COc1cccc(CO[C@H]2CN(Cc3ccccn3)C(=O)CN(C(=O)c3csc(C(C)C)n3)C2)c1. The first-order valence-electron chi connectivity index (χ1n) is 11.6. The Morgan fingerprint density at radius 3 is 2.77 bits per heavy atom. The van der Waals surface area contributed by atoms with Gasteiger partial charge in [-0.2, -0.15) is 0 Å². The molecule has 8 nitrogen and oxygen atoms in total. The Hall–Kier alpha value is -3.30. The number of methoxy groups -OCH3 is 1. The number of carbonyl (C=O) groups is 2. The summed E-state index contributed by atoms with van der Waals surface area (Å²) < 4.78 is 11.5. The molecule has 2 aromatic heterocycles. The van der Waals surface area contributed by atoms with Crippen LogP contribution in [0.5, 0.6) is 5.75 Å². The third-order valence-electron chi connectivity index (χ3n) is 5.75. The molecule has 1 aromatic carbocycles. The van der Waals surface area contributed by atoms with E-state index in [9.17, 15) is 9.59 Å². The molecule has 0 aliphatic carbocycles. The Kier molecular flexibility index (Phi) is 8.09. The normalized spacial score (nSPS) is 16.5. The highest BCUT2D eigenvalue weighted by Gasteiger charge is 2.32. The Morgan fingerprint density at radius 2 is 2.06 bits per heavy atom. The highest BCUT2D eigenvalue weighted by atomic mass is 32.1. The summed E-state index contributed by atoms with van der Waals surface area (Å²) in [6.45, 7) is 5.40. The number of amides is 2. The minimum atomic E-state index is -0.372. The van der Waals surface area contributed by atoms with Crippen LogP contribution in [0.3, 0.4) is 0 Å². The second-order valence-electron chi connectivity index (χ2n) is 8.79. The van der Waals surface area contributed by atoms with Crippen LogP contribution in [-0.4, -0.2) is 64.4 Å². The molecule has 0 bridgehead atoms. The van der Waals surface area contributed by atoms with Gasteiger partial charge in [-0.3, -0.25) is 14.6 Å². The second kappa shape index (κ2) is 11.4. The van der Waals surface area contributed by atoms with Gasteiger partial charge in [0.15, 0.2) is 0 Å². The van der Waals surface area contributed by atoms with Crippen LogP contribution in [0.15, 0.2) is 54.0 Å². The van der Waals surface area contributed by atoms with Crippen LogP contribution in [0.4, 0.5) is 0 Å². The van der Waals surface area contributed by atoms with Gasteiger partial charge in [0.2, 0.25) is 5.91 Å². The molecule has 35 heavy (non-hydrogen) atoms. The zero-order valence-corrected chi connectivity index (χ0v) is 21.0. The van der Waals surface area contributed by atoms with Crippen LogP contribution in [0, 0.1) is 0 Å². The van der Waals surface area contributed by atoms with E-state index in [1.165, 1.54) is 11.3 Å². The largest absolute Gasteiger partial charge is 0.497 e. The average molecular weight is 495 g/mol. The van der Waals surface area contributed by atoms with Gasteiger partial charge in [-0.15, -0.1) is 11.3 Å². The molecule has 2 amide bonds. The zero-order valence-electron chi connectivity index (χ0n) is 20.2. The number of thiazole rings is 1. The number of nitrogens with zero attached hydrogens (tertiary/aromatic N) is 4. The molecular formula is C26H30N4O4S. The summed E-state index contributed by atoms with van der Waals surface area (Å²) in [5.74, 6) is 0.590. The molecular weight excluding hydrogens is 464 g/mol. The molecule has 184 valence electrons. The van der Waals surface area contributed by atoms with E-state index in [-0.39, 0.29) is 30.4 Å². The maximum absolute atomic E-state index is 13.3. The number of rotatable bonds is 8. The van der Waals surface area contributed by atoms with Crippen molar-refractivity contribution in [1.29, 1.82) is 0 Å². The maximum Gasteiger partial charge on any atom is 0.273 e. The number of hydrogen-bond acceptors (Lipinski definition) is 7. The predicted octanol–water partition coefficient (Wildman–Crippen LogP) is 3.74. The first-order chi connectivity index (χ1) is 16.9. The van der Waals surface area contributed by atoms with Gasteiger partial charge in [0.1, 0.15) is 18.0 Å². The second-order valence-corrected chi connectivity index (χ2v) is 9.68. The van der Waals surface area contributed by atoms with E-state index in [1.807, 2.05) is 56.3 Å². The molecule has 0 unspecified atom stereocenters. The van der Waals surface area contributed by atoms with E-state index in [4.69, 9.17) is 9.47 Å². The summed E-state index contributed by atoms with van der Waals surface area (Å²) in [5.41, 5.74) is 2.11. The number of ether oxygens (including phenoxy) is 2. The van der Waals surface area contributed by atoms with Crippen LogP contribution in [0.25, 0.3) is 0 Å². The first kappa shape index (κ1) is 24.8. The lowest BCUT2D eigenvalue weighted by Gasteiger charge is -2.24. The van der Waals surface area contributed by atoms with Gasteiger partial charge < -0.3 is 19.3 Å². The lowest BCUT2D eigenvalue weighted by Crippen LogP contribution is -2.39. The minimum absolute atomic E-state index is 0.0285. The quantitative estimate of drug-likeness (QED) is 0.474. The molecule has 3 heterocycles. The Bertz CT molecular complexity index is 1150. The van der Waals surface area contributed by atoms with E-state index in [1.54, 1.807) is 28.5 Å². The molecule has 0 N–H and O–H groups in total. The molecule has 1 atom stereocenters. The summed E-state index contributed by atoms with van der Waals surface area (Å²) in [5, 5.41) is 2.67. The standard InChI is InChI=1S/C26H30N4O4S/c1-18(2)25-28-23(17-35-25)26(32)30-14-22(34-16-19-7-6-9-21(11-19)33-3)13-29(24(31)15-30)12-20-8-4-5-10-27-20/h4-11,17-18,22H,12-16H2,1-3H3/t22-/m0/s1. The van der Waals surface area contributed by atoms with Crippen molar-refractivity contribution < 1.29 is 19.1 Å². The van der Waals surface area contributed by atoms with Gasteiger partial charge >= 0.3 is 0 Å². The summed E-state index contributed by atoms with van der Waals surface area (Å²) in [6.07, 6.45) is 1.34. The summed E-state index contributed by atoms with van der Waals surface area (Å²) in [4.78, 5) is 38.6. The fraction of sp³-hybridized carbons (Fsp3) is 0.385. The predicted molar refractivity (Wildman–Crippen MR) is 133 cm³/mol. The van der Waals surface area contributed by atoms with Gasteiger partial charge in [-0.1, -0.05) is 32.0 Å². The number of pyridine rings is 1. The maximum atomic E-state index is 13.3. The number of hydrogen-bond donors (Lipinski definition) is 0. The van der Waals surface area contributed by atoms with Crippen molar-refractivity contribution >= 4 is 23.2 Å². The fourth-order valence-electron chi connectivity index (χ4n) is 3.87. The molecule has 1 saturated heterocycles. The van der Waals surface area contributed by atoms with Crippen LogP contribution in [-0.2, 0) is 22.7 Å². The van der Waals surface area contributed by atoms with Crippen molar-refractivity contribution in [2.75, 3.05) is 26.7 Å². The van der Waals surface area contributed by atoms with Gasteiger partial charge in [0, 0.05) is 30.6 Å². The minimum Gasteiger partial charge on any atom is -0.497 e. The number of benzene rings is 1. The van der Waals surface area contributed by atoms with E-state index in [0.717, 1.165) is 22.0 Å². The van der Waals surface area contributed by atoms with E-state index < -0.39 is 0 Å². The van der Waals surface area contributed by atoms with Crippen LogP contribution in [0.2, 0.25) is 0 Å². The van der Waals surface area contributed by atoms with Gasteiger partial charge in [-0.25, -0.2) is 4.98 Å². The zero-order chi connectivity index (χ0) is 24.8. The highest BCUT2D eigenvalue weighted by Crippen LogP contribution is 2.22. The summed E-state index contributed by atoms with van der Waals surface area (Å²) in [7, 11) is 1.62. The molecule has 0 spiro atoms. The molecule has 3 aromatic rings. The topological polar surface area (TPSA) is 84.9 Å². The number of aromatic nitrogens is 2. The van der Waals surface area contributed by atoms with Crippen molar-refractivity contribution in [1.82, 2.24) is 19.8 Å². The van der Waals surface area contributed by atoms with Crippen LogP contribution < -0.4 is 4.74 Å². The van der Waals surface area contributed by atoms with Crippen molar-refractivity contribution in [3.05, 3.63) is 76.0 Å². The number of carbonyl (C=O) groups excluding carboxylic acids is 2. The Balaban J connectivity index is 1.53. The first-order valence-corrected chi connectivity index (χ1v) is 12.5. The van der Waals surface area contributed by atoms with Crippen molar-refractivity contribution in [3.63, 3.8) is 0 Å². The lowest BCUT2D eigenvalue weighted by atomic mass is 10.2. The summed E-state index contributed by atoms with van der Waals surface area (Å²) in [6, 6.07) is 13.3. The average Bonchev–Trinajstić information content (AvgIpc) is 3.31. The van der Waals surface area contributed by atoms with Crippen molar-refractivity contribution in [2.45, 2.75) is 39.0 Å². The third-order valence-corrected chi connectivity index (χ3v) is 6.89. The smallest absolute Gasteiger partial charge is 0.273 e. The van der Waals surface area contributed by atoms with Crippen molar-refractivity contribution in [3.8, 4) is 5.75 Å². The van der Waals surface area contributed by atoms with Gasteiger partial charge in [0.25, 0.3) is 5.91 Å². The van der Waals surface area contributed by atoms with Crippen molar-refractivity contribution in [2.24, 2.45) is 0 Å². The van der Waals surface area contributed by atoms with Gasteiger partial charge in [-0.05, 0) is 29.8 Å². The fourth-order valence-corrected chi connectivity index (χ4v) is 4.68. The van der Waals surface area contributed by atoms with Gasteiger partial charge in [0.05, 0.1) is 37.1 Å². The summed E-state index contributed by atoms with van der Waals surface area (Å²) >= 11 is 1.46. The molecule has 1 aliphatic rings. The van der Waals surface area contributed by atoms with Crippen LogP contribution >= 0.6 is 11.3 Å². The van der Waals surface area contributed by atoms with E-state index in [2.05, 4.69) is 9.97 Å². The van der Waals surface area contributed by atoms with E-state index in [0.29, 0.717) is 31.9 Å². The molecule has 0 saturated carbocycles. The lowest BCUT2D eigenvalue weighted by molar-refractivity contribution is -0.132. The monoisotopic (exact) mass is 494 g/mol. The molecule has 9 heteroatoms. The Morgan fingerprint density at radius 1 is 1.20 bits per heavy atom. The third kappa shape index (κ3) is 6.43. The molecule has 0 radical (unpaired) electrons. The van der Waals surface area contributed by atoms with E-state index >= 15 is 0 Å². The molecule has 4 rings (SSSR count). The Labute approximate surface area is 209 Å². The molecule has 1 fully saturated rings. The highest BCUT2D eigenvalue weighted by molar-refractivity contribution is 7.09. The van der Waals surface area contributed by atoms with Crippen LogP contribution in [0.1, 0.15) is 46.5 Å². The molecule has 1 aliphatic heterocycles.